The molecule has 2 aliphatic rings. The van der Waals surface area contributed by atoms with Gasteiger partial charge in [0.05, 0.1) is 17.0 Å². The minimum absolute atomic E-state index is 0. The van der Waals surface area contributed by atoms with Crippen molar-refractivity contribution >= 4 is 35.8 Å². The van der Waals surface area contributed by atoms with E-state index in [0.29, 0.717) is 18.7 Å². The highest BCUT2D eigenvalue weighted by atomic mass is 35.5. The third-order valence-corrected chi connectivity index (χ3v) is 5.18. The average Bonchev–Trinajstić information content (AvgIpc) is 2.85. The highest BCUT2D eigenvalue weighted by Gasteiger charge is 2.44. The number of benzene rings is 1. The summed E-state index contributed by atoms with van der Waals surface area (Å²) in [7, 11) is 1.66. The summed E-state index contributed by atoms with van der Waals surface area (Å²) in [5.41, 5.74) is 0.604. The minimum Gasteiger partial charge on any atom is -0.340 e. The molecule has 5 nitrogen and oxygen atoms in total. The van der Waals surface area contributed by atoms with Crippen molar-refractivity contribution in [1.29, 1.82) is 0 Å². The smallest absolute Gasteiger partial charge is 0.228 e. The summed E-state index contributed by atoms with van der Waals surface area (Å²) >= 11 is 5.75. The van der Waals surface area contributed by atoms with Crippen LogP contribution in [0.5, 0.6) is 0 Å². The molecule has 1 N–H and O–H groups in total. The lowest BCUT2D eigenvalue weighted by molar-refractivity contribution is -0.137. The van der Waals surface area contributed by atoms with Gasteiger partial charge in [0.15, 0.2) is 0 Å². The first-order valence-electron chi connectivity index (χ1n) is 8.11. The molecule has 138 valence electrons. The van der Waals surface area contributed by atoms with Crippen LogP contribution in [-0.4, -0.2) is 54.3 Å². The molecule has 2 unspecified atom stereocenters. The molecule has 0 saturated carbocycles. The van der Waals surface area contributed by atoms with Crippen LogP contribution < -0.4 is 5.32 Å². The van der Waals surface area contributed by atoms with Gasteiger partial charge in [0.2, 0.25) is 11.8 Å². The summed E-state index contributed by atoms with van der Waals surface area (Å²) in [5, 5.41) is 3.33. The molecule has 8 heteroatoms. The van der Waals surface area contributed by atoms with E-state index in [1.165, 1.54) is 17.0 Å². The van der Waals surface area contributed by atoms with Crippen molar-refractivity contribution in [3.8, 4) is 0 Å². The van der Waals surface area contributed by atoms with Gasteiger partial charge >= 0.3 is 0 Å². The first-order valence-corrected chi connectivity index (χ1v) is 8.49. The number of piperazine rings is 1. The predicted molar refractivity (Wildman–Crippen MR) is 96.3 cm³/mol. The molecule has 3 atom stereocenters. The van der Waals surface area contributed by atoms with Crippen LogP contribution in [0.4, 0.5) is 4.39 Å². The maximum atomic E-state index is 13.9. The maximum Gasteiger partial charge on any atom is 0.228 e. The summed E-state index contributed by atoms with van der Waals surface area (Å²) in [6.07, 6.45) is 0.155. The number of likely N-dealkylation sites (tertiary alicyclic amines) is 1. The van der Waals surface area contributed by atoms with Gasteiger partial charge in [0.1, 0.15) is 5.82 Å². The zero-order valence-corrected chi connectivity index (χ0v) is 15.7. The van der Waals surface area contributed by atoms with Crippen LogP contribution in [0.1, 0.15) is 24.9 Å². The van der Waals surface area contributed by atoms with Gasteiger partial charge in [-0.05, 0) is 24.6 Å². The molecule has 2 saturated heterocycles. The fourth-order valence-electron chi connectivity index (χ4n) is 3.61. The Morgan fingerprint density at radius 1 is 1.40 bits per heavy atom. The average molecular weight is 390 g/mol. The number of nitrogens with zero attached hydrogens (tertiary/aromatic N) is 2. The number of carbonyl (C=O) groups is 2. The van der Waals surface area contributed by atoms with Crippen LogP contribution in [-0.2, 0) is 9.59 Å². The van der Waals surface area contributed by atoms with Crippen molar-refractivity contribution in [2.24, 2.45) is 5.92 Å². The molecule has 1 aromatic rings. The number of hydrogen-bond acceptors (Lipinski definition) is 3. The fraction of sp³-hybridized carbons (Fsp3) is 0.529. The normalized spacial score (nSPS) is 26.6. The van der Waals surface area contributed by atoms with Crippen LogP contribution in [0, 0.1) is 11.7 Å². The van der Waals surface area contributed by atoms with E-state index in [9.17, 15) is 14.0 Å². The van der Waals surface area contributed by atoms with Crippen LogP contribution in [0.3, 0.4) is 0 Å². The van der Waals surface area contributed by atoms with Crippen molar-refractivity contribution in [2.75, 3.05) is 26.7 Å². The van der Waals surface area contributed by atoms with Crippen LogP contribution in [0.25, 0.3) is 0 Å². The number of amides is 2. The number of halogens is 3. The van der Waals surface area contributed by atoms with Gasteiger partial charge < -0.3 is 15.1 Å². The second-order valence-corrected chi connectivity index (χ2v) is 6.98. The summed E-state index contributed by atoms with van der Waals surface area (Å²) < 4.78 is 13.9. The molecule has 0 radical (unpaired) electrons. The molecule has 2 fully saturated rings. The molecule has 1 aromatic carbocycles. The van der Waals surface area contributed by atoms with Crippen molar-refractivity contribution in [3.05, 3.63) is 34.6 Å². The number of carbonyl (C=O) groups excluding carboxylic acids is 2. The number of rotatable bonds is 2. The Labute approximate surface area is 157 Å². The van der Waals surface area contributed by atoms with Crippen molar-refractivity contribution in [3.63, 3.8) is 0 Å². The zero-order valence-electron chi connectivity index (χ0n) is 14.2. The van der Waals surface area contributed by atoms with E-state index in [-0.39, 0.29) is 41.7 Å². The van der Waals surface area contributed by atoms with Gasteiger partial charge in [0.25, 0.3) is 0 Å². The van der Waals surface area contributed by atoms with Crippen LogP contribution >= 0.6 is 24.0 Å². The van der Waals surface area contributed by atoms with Gasteiger partial charge in [-0.25, -0.2) is 4.39 Å². The first-order chi connectivity index (χ1) is 11.4. The molecule has 0 aliphatic carbocycles. The van der Waals surface area contributed by atoms with Gasteiger partial charge in [-0.3, -0.25) is 9.59 Å². The lowest BCUT2D eigenvalue weighted by atomic mass is 9.92. The number of nitrogens with one attached hydrogen (secondary N) is 1. The fourth-order valence-corrected chi connectivity index (χ4v) is 3.73. The molecule has 25 heavy (non-hydrogen) atoms. The Morgan fingerprint density at radius 3 is 2.76 bits per heavy atom. The quantitative estimate of drug-likeness (QED) is 0.843. The Morgan fingerprint density at radius 2 is 2.12 bits per heavy atom. The second kappa shape index (κ2) is 7.89. The first kappa shape index (κ1) is 19.9. The monoisotopic (exact) mass is 389 g/mol. The van der Waals surface area contributed by atoms with E-state index in [0.717, 1.165) is 6.54 Å². The van der Waals surface area contributed by atoms with Crippen LogP contribution in [0.15, 0.2) is 18.2 Å². The van der Waals surface area contributed by atoms with E-state index in [2.05, 4.69) is 5.32 Å². The Kier molecular flexibility index (Phi) is 6.30. The van der Waals surface area contributed by atoms with Crippen LogP contribution in [0.2, 0.25) is 5.02 Å². The summed E-state index contributed by atoms with van der Waals surface area (Å²) in [6.45, 7) is 4.01. The van der Waals surface area contributed by atoms with Gasteiger partial charge in [-0.15, -0.1) is 12.4 Å². The van der Waals surface area contributed by atoms with Crippen molar-refractivity contribution < 1.29 is 14.0 Å². The maximum absolute atomic E-state index is 13.9. The Hall–Kier alpha value is -1.37. The molecule has 0 bridgehead atoms. The van der Waals surface area contributed by atoms with Gasteiger partial charge in [-0.2, -0.15) is 0 Å². The largest absolute Gasteiger partial charge is 0.340 e. The molecule has 0 aromatic heterocycles. The van der Waals surface area contributed by atoms with E-state index in [1.807, 2.05) is 6.92 Å². The SMILES string of the molecule is C[C@@H]1CN(C(=O)C2CC(=O)N(C)C2c2ccc(Cl)c(F)c2)CCN1.Cl. The third kappa shape index (κ3) is 3.91. The Bertz CT molecular complexity index is 673. The van der Waals surface area contributed by atoms with Gasteiger partial charge in [-0.1, -0.05) is 17.7 Å². The molecule has 2 heterocycles. The van der Waals surface area contributed by atoms with E-state index >= 15 is 0 Å². The molecule has 0 spiro atoms. The molecular weight excluding hydrogens is 368 g/mol. The second-order valence-electron chi connectivity index (χ2n) is 6.57. The molecular formula is C17H22Cl2FN3O2. The summed E-state index contributed by atoms with van der Waals surface area (Å²) in [5.74, 6) is -1.17. The lowest BCUT2D eigenvalue weighted by Crippen LogP contribution is -2.53. The van der Waals surface area contributed by atoms with Gasteiger partial charge in [0, 0.05) is 39.1 Å². The third-order valence-electron chi connectivity index (χ3n) is 4.87. The van der Waals surface area contributed by atoms with Crippen molar-refractivity contribution in [2.45, 2.75) is 25.4 Å². The zero-order chi connectivity index (χ0) is 17.4. The van der Waals surface area contributed by atoms with E-state index in [4.69, 9.17) is 11.6 Å². The topological polar surface area (TPSA) is 52.7 Å². The highest BCUT2D eigenvalue weighted by molar-refractivity contribution is 6.30. The molecule has 2 amide bonds. The standard InChI is InChI=1S/C17H21ClFN3O2.ClH/c1-10-9-22(6-5-20-10)17(24)12-8-15(23)21(2)16(12)11-3-4-13(18)14(19)7-11;/h3-4,7,10,12,16,20H,5-6,8-9H2,1-2H3;1H/t10-,12?,16?;/m1./s1. The summed E-state index contributed by atoms with van der Waals surface area (Å²) in [6, 6.07) is 4.25. The number of hydrogen-bond donors (Lipinski definition) is 1. The molecule has 2 aliphatic heterocycles. The van der Waals surface area contributed by atoms with E-state index in [1.54, 1.807) is 18.0 Å². The molecule has 3 rings (SSSR count). The Balaban J connectivity index is 0.00000225. The minimum atomic E-state index is -0.538. The van der Waals surface area contributed by atoms with Crippen molar-refractivity contribution in [1.82, 2.24) is 15.1 Å². The highest BCUT2D eigenvalue weighted by Crippen LogP contribution is 2.39. The predicted octanol–water partition coefficient (Wildman–Crippen LogP) is 2.24. The van der Waals surface area contributed by atoms with E-state index < -0.39 is 17.8 Å². The summed E-state index contributed by atoms with van der Waals surface area (Å²) in [4.78, 5) is 28.5. The lowest BCUT2D eigenvalue weighted by Gasteiger charge is -2.35.